The van der Waals surface area contributed by atoms with Crippen LogP contribution in [0.5, 0.6) is 0 Å². The summed E-state index contributed by atoms with van der Waals surface area (Å²) < 4.78 is 109. The van der Waals surface area contributed by atoms with Crippen LogP contribution >= 0.6 is 87.4 Å². The number of nitrogens with zero attached hydrogens (tertiary/aromatic N) is 32. The van der Waals surface area contributed by atoms with Crippen LogP contribution in [0.4, 0.5) is 0 Å². The van der Waals surface area contributed by atoms with E-state index in [1.807, 2.05) is 83.3 Å². The maximum Gasteiger partial charge on any atom is 0.502 e. The standard InChI is InChI=1S/C32H80N16OP5.C25H74N16OP5.C7H7Cl.2C2H6.HI.H2O/c1-37(2)51(38(3)4,39(5)6)33-50(34-52(40(7)8,41(9)10)42(11)12,35-53(43(13)14,44(15)16)45(17)18)36-54(46(19)20,47(21)22)48(23)29-30-49-31-32-27-25-24-26-28-32;1-30(2)44(31(3)4,32(5)6)26-43(27-45(33(7)8,34(9)10)35(11)12,28-46(36(13)14,37(15)16)38(17)18)29-47(39(19)20,40(21)22)41(23)24-25-42;8-6-7-4-2-1-3-5-7;2*1-2;;/h24-28H,29-31H2,1-23H3;42H,24-25H2,1-23H3;1-5H,6H2;2*1-2H3;1H;1H2/q2*+1;;;;;/p-2. The first-order valence-electron chi connectivity index (χ1n) is 37.9. The van der Waals surface area contributed by atoms with Crippen molar-refractivity contribution in [3.05, 3.63) is 71.8 Å². The zero-order chi connectivity index (χ0) is 89.7. The summed E-state index contributed by atoms with van der Waals surface area (Å²) in [4.78, 5) is 0. The minimum absolute atomic E-state index is 0. The van der Waals surface area contributed by atoms with Crippen LogP contribution in [0, 0.1) is 0 Å². The lowest BCUT2D eigenvalue weighted by Crippen LogP contribution is -3.00. The molecule has 0 unspecified atom stereocenters. The summed E-state index contributed by atoms with van der Waals surface area (Å²) in [6.07, 6.45) is 0. The van der Waals surface area contributed by atoms with Gasteiger partial charge in [0.2, 0.25) is 60.1 Å². The van der Waals surface area contributed by atoms with Gasteiger partial charge in [-0.25, -0.2) is 112 Å². The van der Waals surface area contributed by atoms with Crippen molar-refractivity contribution < 1.29 is 39.3 Å². The molecule has 0 amide bonds. The number of hydrogen-bond donors (Lipinski definition) is 1. The average Bonchev–Trinajstić information content (AvgIpc) is 0.726. The van der Waals surface area contributed by atoms with E-state index < -0.39 is 75.8 Å². The fourth-order valence-electron chi connectivity index (χ4n) is 13.7. The second kappa shape index (κ2) is 55.6. The Labute approximate surface area is 732 Å². The molecule has 0 atom stereocenters. The molecule has 0 aromatic heterocycles. The molecular formula is C68H174ClIN32O3P10. The quantitative estimate of drug-likeness (QED) is 0.0282. The van der Waals surface area contributed by atoms with E-state index in [1.165, 1.54) is 5.56 Å². The van der Waals surface area contributed by atoms with Crippen molar-refractivity contribution in [1.82, 2.24) is 112 Å². The van der Waals surface area contributed by atoms with Crippen molar-refractivity contribution in [3.63, 3.8) is 0 Å². The normalized spacial score (nSPS) is 13.5. The average molecular weight is 1960 g/mol. The lowest BCUT2D eigenvalue weighted by Gasteiger charge is -2.45. The predicted molar refractivity (Wildman–Crippen MR) is 519 cm³/mol. The number of hydrogen-bond acceptors (Lipinski definition) is 11. The van der Waals surface area contributed by atoms with Crippen molar-refractivity contribution >= 4 is 87.4 Å². The molecule has 0 saturated heterocycles. The molecule has 688 valence electrons. The van der Waals surface area contributed by atoms with Crippen molar-refractivity contribution in [2.24, 2.45) is 36.1 Å². The Kier molecular flexibility index (Phi) is 60.3. The maximum absolute atomic E-state index is 10.3. The number of ether oxygens (including phenoxy) is 1. The lowest BCUT2D eigenvalue weighted by molar-refractivity contribution is -0.0000293. The van der Waals surface area contributed by atoms with E-state index in [9.17, 15) is 5.11 Å². The van der Waals surface area contributed by atoms with Crippen LogP contribution < -0.4 is 24.0 Å². The second-order valence-corrected chi connectivity index (χ2v) is 66.1. The molecule has 2 N–H and O–H groups in total. The Morgan fingerprint density at radius 2 is 0.426 bits per heavy atom. The Bertz CT molecular complexity index is 3100. The Hall–Kier alpha value is 1.08. The molecule has 0 spiro atoms. The largest absolute Gasteiger partial charge is 1.00 e. The second-order valence-electron chi connectivity index (χ2n) is 30.4. The van der Waals surface area contributed by atoms with Gasteiger partial charge in [-0.05, 0) is 371 Å². The summed E-state index contributed by atoms with van der Waals surface area (Å²) in [5, 5.41) is 10.3. The summed E-state index contributed by atoms with van der Waals surface area (Å²) >= 11 is 5.53. The molecule has 0 saturated carbocycles. The third-order valence-corrected chi connectivity index (χ3v) is 59.2. The molecule has 35 nitrogen and oxygen atoms in total. The SMILES string of the molecule is CC.CC.CN(C)P(=N[P+](N=P(N(C)C)(N(C)C)N(C)C)(N=P(N(C)C)(N(C)C)N(C)C)N=P(N(C)C)(N(C)C)N(C)CCO)(N(C)C)N(C)C.CN(C)P(=N[P+](N=P(N(C)C)(N(C)C)N(C)C)(N=P(N(C)C)(N(C)C)N(C)C)N=P(N(C)C)(N(C)C)N(C)CCOCc1ccccc1)(N(C)C)N(C)C.ClCc1ccccc1.[I-].[OH-]. The van der Waals surface area contributed by atoms with E-state index in [-0.39, 0.29) is 36.1 Å². The van der Waals surface area contributed by atoms with Gasteiger partial charge >= 0.3 is 15.7 Å². The number of alkyl halides is 1. The molecule has 115 heavy (non-hydrogen) atoms. The Morgan fingerprint density at radius 3 is 0.574 bits per heavy atom. The Morgan fingerprint density at radius 1 is 0.270 bits per heavy atom. The van der Waals surface area contributed by atoms with Gasteiger partial charge in [0.05, 0.1) is 19.8 Å². The van der Waals surface area contributed by atoms with Gasteiger partial charge in [0.25, 0.3) is 0 Å². The number of aliphatic hydroxyl groups excluding tert-OH is 1. The predicted octanol–water partition coefficient (Wildman–Crippen LogP) is 12.6. The van der Waals surface area contributed by atoms with Gasteiger partial charge in [0.1, 0.15) is 0 Å². The highest BCUT2D eigenvalue weighted by molar-refractivity contribution is 7.89. The van der Waals surface area contributed by atoms with E-state index in [0.717, 1.165) is 5.56 Å². The molecule has 0 aliphatic carbocycles. The van der Waals surface area contributed by atoms with E-state index in [4.69, 9.17) is 52.5 Å². The fraction of sp³-hybridized carbons (Fsp3) is 0.824. The maximum atomic E-state index is 10.3. The molecule has 0 aliphatic heterocycles. The van der Waals surface area contributed by atoms with E-state index in [1.54, 1.807) is 0 Å². The van der Waals surface area contributed by atoms with Gasteiger partial charge in [-0.15, -0.1) is 11.6 Å². The van der Waals surface area contributed by atoms with Crippen LogP contribution in [0.1, 0.15) is 38.8 Å². The number of rotatable bonds is 40. The summed E-state index contributed by atoms with van der Waals surface area (Å²) in [5.74, 6) is 0.612. The number of halogens is 2. The first-order valence-corrected chi connectivity index (χ1v) is 54.4. The van der Waals surface area contributed by atoms with Crippen LogP contribution in [0.2, 0.25) is 0 Å². The smallest absolute Gasteiger partial charge is 0.502 e. The summed E-state index contributed by atoms with van der Waals surface area (Å²) in [7, 11) is 67.9. The zero-order valence-electron chi connectivity index (χ0n) is 81.9. The molecule has 0 aliphatic rings. The molecule has 0 radical (unpaired) electrons. The monoisotopic (exact) mass is 1960 g/mol. The third kappa shape index (κ3) is 30.1. The topological polar surface area (TPSA) is 236 Å². The highest BCUT2D eigenvalue weighted by Gasteiger charge is 2.59. The summed E-state index contributed by atoms with van der Waals surface area (Å²) in [6, 6.07) is 20.3. The van der Waals surface area contributed by atoms with Crippen molar-refractivity contribution in [1.29, 1.82) is 0 Å². The van der Waals surface area contributed by atoms with Gasteiger partial charge in [0, 0.05) is 19.0 Å². The molecule has 2 rings (SSSR count). The van der Waals surface area contributed by atoms with Crippen LogP contribution in [0.3, 0.4) is 0 Å². The molecule has 0 fully saturated rings. The molecular weight excluding hydrogens is 1790 g/mol. The molecule has 47 heteroatoms. The minimum atomic E-state index is -3.56. The molecule has 2 aromatic rings. The third-order valence-electron chi connectivity index (χ3n) is 17.7. The first kappa shape index (κ1) is 125. The van der Waals surface area contributed by atoms with Crippen molar-refractivity contribution in [2.45, 2.75) is 40.2 Å². The molecule has 2 aromatic carbocycles. The lowest BCUT2D eigenvalue weighted by atomic mass is 10.2. The van der Waals surface area contributed by atoms with Crippen LogP contribution in [0.25, 0.3) is 0 Å². The number of aliphatic hydroxyl groups is 1. The minimum Gasteiger partial charge on any atom is -1.00 e. The summed E-state index contributed by atoms with van der Waals surface area (Å²) in [6.45, 7) is 10.1. The van der Waals surface area contributed by atoms with Crippen molar-refractivity contribution in [2.75, 3.05) is 350 Å². The highest BCUT2D eigenvalue weighted by Crippen LogP contribution is 2.88. The van der Waals surface area contributed by atoms with Crippen LogP contribution in [-0.2, 0) is 17.2 Å². The van der Waals surface area contributed by atoms with E-state index in [2.05, 4.69) is 441 Å². The number of likely N-dealkylation sites (N-methyl/N-ethyl adjacent to an activating group) is 2. The van der Waals surface area contributed by atoms with Gasteiger partial charge in [-0.3, -0.25) is 0 Å². The van der Waals surface area contributed by atoms with E-state index >= 15 is 0 Å². The fourth-order valence-corrected chi connectivity index (χ4v) is 62.4. The van der Waals surface area contributed by atoms with Crippen molar-refractivity contribution in [3.8, 4) is 0 Å². The summed E-state index contributed by atoms with van der Waals surface area (Å²) in [5.41, 5.74) is 2.32. The van der Waals surface area contributed by atoms with Gasteiger partial charge in [0.15, 0.2) is 0 Å². The highest BCUT2D eigenvalue weighted by atomic mass is 127. The number of benzene rings is 2. The van der Waals surface area contributed by atoms with Crippen LogP contribution in [0.15, 0.2) is 96.8 Å². The van der Waals surface area contributed by atoms with Gasteiger partial charge in [-0.2, -0.15) is 0 Å². The van der Waals surface area contributed by atoms with E-state index in [0.29, 0.717) is 32.2 Å². The van der Waals surface area contributed by atoms with Gasteiger partial charge in [-0.1, -0.05) is 88.4 Å². The zero-order valence-corrected chi connectivity index (χ0v) is 93.7. The Balaban J connectivity index is -0.000000607. The van der Waals surface area contributed by atoms with Crippen LogP contribution in [-0.4, -0.2) is 473 Å². The molecule has 0 bridgehead atoms. The first-order chi connectivity index (χ1) is 51.8. The van der Waals surface area contributed by atoms with Gasteiger partial charge < -0.3 is 39.3 Å². The molecule has 0 heterocycles.